The van der Waals surface area contributed by atoms with Gasteiger partial charge in [0.25, 0.3) is 0 Å². The summed E-state index contributed by atoms with van der Waals surface area (Å²) in [5, 5.41) is 14.0. The minimum Gasteiger partial charge on any atom is -0.480 e. The Labute approximate surface area is 187 Å². The number of aliphatic carboxylic acids is 1. The van der Waals surface area contributed by atoms with Crippen LogP contribution in [0.2, 0.25) is 0 Å². The molecule has 5 unspecified atom stereocenters. The second-order valence-corrected chi connectivity index (χ2v) is 8.11. The summed E-state index contributed by atoms with van der Waals surface area (Å²) in [6.07, 6.45) is 1.39. The van der Waals surface area contributed by atoms with Gasteiger partial charge in [-0.1, -0.05) is 20.3 Å². The molecule has 0 saturated carbocycles. The first-order valence-electron chi connectivity index (χ1n) is 10.3. The first-order valence-corrected chi connectivity index (χ1v) is 10.9. The van der Waals surface area contributed by atoms with Gasteiger partial charge in [-0.2, -0.15) is 12.6 Å². The van der Waals surface area contributed by atoms with Gasteiger partial charge in [0.2, 0.25) is 23.6 Å². The first-order chi connectivity index (χ1) is 14.5. The van der Waals surface area contributed by atoms with E-state index in [1.807, 2.05) is 13.8 Å². The van der Waals surface area contributed by atoms with Crippen LogP contribution in [0.5, 0.6) is 0 Å². The van der Waals surface area contributed by atoms with Gasteiger partial charge in [-0.05, 0) is 25.2 Å². The van der Waals surface area contributed by atoms with Crippen LogP contribution in [0.3, 0.4) is 0 Å². The number of thiol groups is 1. The van der Waals surface area contributed by atoms with Crippen LogP contribution < -0.4 is 22.1 Å². The summed E-state index contributed by atoms with van der Waals surface area (Å²) in [6, 6.07) is -3.93. The molecule has 5 atom stereocenters. The summed E-state index contributed by atoms with van der Waals surface area (Å²) < 4.78 is 0. The van der Waals surface area contributed by atoms with Gasteiger partial charge in [0, 0.05) is 18.7 Å². The molecule has 7 N–H and O–H groups in total. The monoisotopic (exact) mass is 459 g/mol. The number of carboxylic acid groups (broad SMARTS) is 1. The lowest BCUT2D eigenvalue weighted by molar-refractivity contribution is -0.143. The number of rotatable bonds is 12. The second-order valence-electron chi connectivity index (χ2n) is 7.75. The van der Waals surface area contributed by atoms with E-state index in [4.69, 9.17) is 11.5 Å². The number of nitrogens with zero attached hydrogens (tertiary/aromatic N) is 1. The van der Waals surface area contributed by atoms with Crippen LogP contribution in [-0.2, 0) is 24.0 Å². The fourth-order valence-electron chi connectivity index (χ4n) is 3.27. The third-order valence-electron chi connectivity index (χ3n) is 5.49. The fourth-order valence-corrected chi connectivity index (χ4v) is 3.53. The quantitative estimate of drug-likeness (QED) is 0.194. The molecular weight excluding hydrogens is 426 g/mol. The van der Waals surface area contributed by atoms with E-state index in [1.165, 1.54) is 4.90 Å². The van der Waals surface area contributed by atoms with Crippen LogP contribution in [0.15, 0.2) is 0 Å². The molecule has 31 heavy (non-hydrogen) atoms. The topological polar surface area (TPSA) is 185 Å². The largest absolute Gasteiger partial charge is 0.480 e. The lowest BCUT2D eigenvalue weighted by atomic mass is 9.98. The number of hydrogen-bond donors (Lipinski definition) is 6. The highest BCUT2D eigenvalue weighted by molar-refractivity contribution is 7.80. The Morgan fingerprint density at radius 2 is 1.84 bits per heavy atom. The number of carbonyl (C=O) groups is 5. The highest BCUT2D eigenvalue weighted by atomic mass is 32.1. The molecule has 0 radical (unpaired) electrons. The smallest absolute Gasteiger partial charge is 0.326 e. The van der Waals surface area contributed by atoms with Gasteiger partial charge in [0.1, 0.15) is 18.1 Å². The number of nitrogens with one attached hydrogen (secondary N) is 2. The van der Waals surface area contributed by atoms with Crippen LogP contribution in [0.4, 0.5) is 0 Å². The predicted octanol–water partition coefficient (Wildman–Crippen LogP) is -1.40. The lowest BCUT2D eigenvalue weighted by Crippen LogP contribution is -2.57. The maximum atomic E-state index is 12.8. The summed E-state index contributed by atoms with van der Waals surface area (Å²) in [7, 11) is 0. The van der Waals surface area contributed by atoms with Crippen LogP contribution >= 0.6 is 12.6 Å². The van der Waals surface area contributed by atoms with Gasteiger partial charge in [0.15, 0.2) is 0 Å². The Morgan fingerprint density at radius 1 is 1.19 bits per heavy atom. The maximum Gasteiger partial charge on any atom is 0.326 e. The summed E-state index contributed by atoms with van der Waals surface area (Å²) in [5.41, 5.74) is 11.1. The number of nitrogens with two attached hydrogens (primary N) is 2. The van der Waals surface area contributed by atoms with E-state index in [9.17, 15) is 29.1 Å². The third-order valence-corrected chi connectivity index (χ3v) is 5.86. The summed E-state index contributed by atoms with van der Waals surface area (Å²) >= 11 is 4.07. The van der Waals surface area contributed by atoms with E-state index in [2.05, 4.69) is 23.3 Å². The highest BCUT2D eigenvalue weighted by Crippen LogP contribution is 2.20. The van der Waals surface area contributed by atoms with Crippen LogP contribution in [0.25, 0.3) is 0 Å². The molecule has 0 bridgehead atoms. The zero-order valence-electron chi connectivity index (χ0n) is 17.9. The number of amides is 4. The van der Waals surface area contributed by atoms with E-state index in [-0.39, 0.29) is 30.4 Å². The number of primary amides is 1. The SMILES string of the molecule is CCC(C)C(N)C(=O)N1CCCC1C(=O)NC(CS)C(=O)NC(CCC(N)=O)C(=O)O. The second kappa shape index (κ2) is 12.5. The van der Waals surface area contributed by atoms with Crippen molar-refractivity contribution in [2.24, 2.45) is 17.4 Å². The van der Waals surface area contributed by atoms with E-state index >= 15 is 0 Å². The molecule has 1 fully saturated rings. The van der Waals surface area contributed by atoms with Gasteiger partial charge in [-0.25, -0.2) is 4.79 Å². The maximum absolute atomic E-state index is 12.8. The zero-order valence-corrected chi connectivity index (χ0v) is 18.8. The minimum absolute atomic E-state index is 0.0406. The molecule has 1 rings (SSSR count). The van der Waals surface area contributed by atoms with Crippen molar-refractivity contribution >= 4 is 42.2 Å². The molecule has 0 aromatic rings. The molecule has 1 aliphatic heterocycles. The molecule has 12 heteroatoms. The Kier molecular flexibility index (Phi) is 10.8. The number of carboxylic acids is 1. The third kappa shape index (κ3) is 7.69. The summed E-state index contributed by atoms with van der Waals surface area (Å²) in [6.45, 7) is 4.19. The molecule has 1 saturated heterocycles. The molecule has 0 aromatic carbocycles. The molecular formula is C19H33N5O6S. The van der Waals surface area contributed by atoms with Gasteiger partial charge in [-0.15, -0.1) is 0 Å². The highest BCUT2D eigenvalue weighted by Gasteiger charge is 2.38. The van der Waals surface area contributed by atoms with E-state index in [0.29, 0.717) is 19.4 Å². The van der Waals surface area contributed by atoms with E-state index in [1.54, 1.807) is 0 Å². The van der Waals surface area contributed by atoms with Crippen molar-refractivity contribution in [3.8, 4) is 0 Å². The average molecular weight is 460 g/mol. The average Bonchev–Trinajstić information content (AvgIpc) is 3.22. The van der Waals surface area contributed by atoms with Crippen LogP contribution in [-0.4, -0.2) is 76.1 Å². The van der Waals surface area contributed by atoms with E-state index in [0.717, 1.165) is 6.42 Å². The Morgan fingerprint density at radius 3 is 2.35 bits per heavy atom. The summed E-state index contributed by atoms with van der Waals surface area (Å²) in [5.74, 6) is -3.75. The number of likely N-dealkylation sites (tertiary alicyclic amines) is 1. The molecule has 11 nitrogen and oxygen atoms in total. The molecule has 0 spiro atoms. The van der Waals surface area contributed by atoms with Crippen molar-refractivity contribution < 1.29 is 29.1 Å². The standard InChI is InChI=1S/C19H33N5O6S/c1-3-10(2)15(21)18(28)24-8-4-5-13(24)17(27)23-12(9-31)16(26)22-11(19(29)30)6-7-14(20)25/h10-13,15,31H,3-9,21H2,1-2H3,(H2,20,25)(H,22,26)(H,23,27)(H,29,30). The lowest BCUT2D eigenvalue weighted by Gasteiger charge is -2.29. The van der Waals surface area contributed by atoms with Crippen LogP contribution in [0.1, 0.15) is 46.0 Å². The molecule has 0 aliphatic carbocycles. The van der Waals surface area contributed by atoms with Gasteiger partial charge in [0.05, 0.1) is 6.04 Å². The van der Waals surface area contributed by atoms with Gasteiger partial charge < -0.3 is 32.1 Å². The Bertz CT molecular complexity index is 691. The number of carbonyl (C=O) groups excluding carboxylic acids is 4. The predicted molar refractivity (Wildman–Crippen MR) is 116 cm³/mol. The fraction of sp³-hybridized carbons (Fsp3) is 0.737. The van der Waals surface area contributed by atoms with Crippen molar-refractivity contribution in [1.82, 2.24) is 15.5 Å². The van der Waals surface area contributed by atoms with Gasteiger partial charge in [-0.3, -0.25) is 19.2 Å². The van der Waals surface area contributed by atoms with Crippen molar-refractivity contribution in [3.63, 3.8) is 0 Å². The molecule has 1 aliphatic rings. The molecule has 4 amide bonds. The normalized spacial score (nSPS) is 19.7. The van der Waals surface area contributed by atoms with Crippen molar-refractivity contribution in [3.05, 3.63) is 0 Å². The first kappa shape index (κ1) is 26.7. The molecule has 176 valence electrons. The van der Waals surface area contributed by atoms with Crippen LogP contribution in [0, 0.1) is 5.92 Å². The zero-order chi connectivity index (χ0) is 23.7. The molecule has 1 heterocycles. The Balaban J connectivity index is 2.79. The molecule has 0 aromatic heterocycles. The minimum atomic E-state index is -1.34. The van der Waals surface area contributed by atoms with E-state index < -0.39 is 47.9 Å². The Hall–Kier alpha value is -2.34. The van der Waals surface area contributed by atoms with Crippen molar-refractivity contribution in [2.45, 2.75) is 70.1 Å². The number of hydrogen-bond acceptors (Lipinski definition) is 7. The van der Waals surface area contributed by atoms with Crippen molar-refractivity contribution in [1.29, 1.82) is 0 Å². The van der Waals surface area contributed by atoms with Crippen molar-refractivity contribution in [2.75, 3.05) is 12.3 Å². The van der Waals surface area contributed by atoms with Gasteiger partial charge >= 0.3 is 5.97 Å². The summed E-state index contributed by atoms with van der Waals surface area (Å²) in [4.78, 5) is 61.7.